The van der Waals surface area contributed by atoms with Gasteiger partial charge >= 0.3 is 0 Å². The third-order valence-electron chi connectivity index (χ3n) is 3.57. The summed E-state index contributed by atoms with van der Waals surface area (Å²) in [6, 6.07) is 0. The summed E-state index contributed by atoms with van der Waals surface area (Å²) in [5.41, 5.74) is 2.40. The molecular formula is C11H12BrNO2. The molecule has 3 rings (SSSR count). The summed E-state index contributed by atoms with van der Waals surface area (Å²) in [5, 5.41) is 0. The van der Waals surface area contributed by atoms with E-state index < -0.39 is 5.79 Å². The van der Waals surface area contributed by atoms with Gasteiger partial charge in [0, 0.05) is 42.6 Å². The summed E-state index contributed by atoms with van der Waals surface area (Å²) in [5.74, 6) is 0.483. The van der Waals surface area contributed by atoms with Gasteiger partial charge in [-0.05, 0) is 33.8 Å². The standard InChI is InChI=1S/C11H12BrNO2/c1-14-11(15-2)7-3-6(7)10-8(11)4-13-5-9(10)12/h4-7H,3H2,1-2H3. The van der Waals surface area contributed by atoms with Gasteiger partial charge in [-0.15, -0.1) is 0 Å². The lowest BCUT2D eigenvalue weighted by Crippen LogP contribution is -2.31. The van der Waals surface area contributed by atoms with E-state index in [1.54, 1.807) is 14.2 Å². The molecule has 4 heteroatoms. The molecule has 80 valence electrons. The molecule has 2 unspecified atom stereocenters. The normalized spacial score (nSPS) is 29.8. The predicted molar refractivity (Wildman–Crippen MR) is 58.5 cm³/mol. The van der Waals surface area contributed by atoms with Crippen LogP contribution in [0.2, 0.25) is 0 Å². The van der Waals surface area contributed by atoms with Crippen LogP contribution < -0.4 is 0 Å². The molecule has 0 radical (unpaired) electrons. The molecule has 0 aliphatic heterocycles. The summed E-state index contributed by atoms with van der Waals surface area (Å²) >= 11 is 3.55. The lowest BCUT2D eigenvalue weighted by atomic mass is 10.0. The maximum atomic E-state index is 5.60. The Morgan fingerprint density at radius 2 is 2.13 bits per heavy atom. The molecule has 15 heavy (non-hydrogen) atoms. The highest BCUT2D eigenvalue weighted by Gasteiger charge is 2.63. The first kappa shape index (κ1) is 9.75. The molecule has 2 aliphatic rings. The van der Waals surface area contributed by atoms with Crippen LogP contribution in [0.15, 0.2) is 16.9 Å². The van der Waals surface area contributed by atoms with E-state index in [1.165, 1.54) is 5.56 Å². The highest BCUT2D eigenvalue weighted by Crippen LogP contribution is 2.67. The van der Waals surface area contributed by atoms with E-state index in [9.17, 15) is 0 Å². The summed E-state index contributed by atoms with van der Waals surface area (Å²) < 4.78 is 12.3. The van der Waals surface area contributed by atoms with Crippen LogP contribution in [-0.4, -0.2) is 19.2 Å². The van der Waals surface area contributed by atoms with E-state index in [0.29, 0.717) is 11.8 Å². The second kappa shape index (κ2) is 3.03. The first-order valence-corrected chi connectivity index (χ1v) is 5.78. The van der Waals surface area contributed by atoms with Gasteiger partial charge in [0.05, 0.1) is 0 Å². The van der Waals surface area contributed by atoms with Crippen molar-refractivity contribution in [3.63, 3.8) is 0 Å². The van der Waals surface area contributed by atoms with Crippen LogP contribution >= 0.6 is 15.9 Å². The number of aromatic nitrogens is 1. The average molecular weight is 270 g/mol. The third kappa shape index (κ3) is 1.05. The number of ether oxygens (including phenoxy) is 2. The number of pyridine rings is 1. The van der Waals surface area contributed by atoms with Gasteiger partial charge in [-0.3, -0.25) is 4.98 Å². The number of nitrogens with zero attached hydrogens (tertiary/aromatic N) is 1. The van der Waals surface area contributed by atoms with Crippen molar-refractivity contribution in [3.8, 4) is 0 Å². The number of fused-ring (bicyclic) bond motifs is 3. The smallest absolute Gasteiger partial charge is 0.199 e. The monoisotopic (exact) mass is 269 g/mol. The molecule has 1 heterocycles. The van der Waals surface area contributed by atoms with E-state index >= 15 is 0 Å². The second-order valence-electron chi connectivity index (χ2n) is 4.11. The minimum absolute atomic E-state index is 0.461. The summed E-state index contributed by atoms with van der Waals surface area (Å²) in [6.07, 6.45) is 4.85. The zero-order valence-electron chi connectivity index (χ0n) is 8.66. The van der Waals surface area contributed by atoms with Crippen molar-refractivity contribution in [1.82, 2.24) is 4.98 Å². The molecule has 0 saturated heterocycles. The maximum absolute atomic E-state index is 5.60. The largest absolute Gasteiger partial charge is 0.349 e. The molecule has 0 aromatic carbocycles. The van der Waals surface area contributed by atoms with Crippen LogP contribution in [0.3, 0.4) is 0 Å². The van der Waals surface area contributed by atoms with Crippen molar-refractivity contribution < 1.29 is 9.47 Å². The van der Waals surface area contributed by atoms with E-state index in [1.807, 2.05) is 12.4 Å². The van der Waals surface area contributed by atoms with Gasteiger partial charge in [-0.25, -0.2) is 0 Å². The van der Waals surface area contributed by atoms with Crippen LogP contribution in [-0.2, 0) is 15.3 Å². The van der Waals surface area contributed by atoms with Crippen molar-refractivity contribution in [1.29, 1.82) is 0 Å². The topological polar surface area (TPSA) is 31.4 Å². The van der Waals surface area contributed by atoms with E-state index in [2.05, 4.69) is 20.9 Å². The van der Waals surface area contributed by atoms with Crippen LogP contribution in [0.5, 0.6) is 0 Å². The SMILES string of the molecule is COC1(OC)c2cncc(Br)c2C2CC21. The lowest BCUT2D eigenvalue weighted by molar-refractivity contribution is -0.226. The molecular weight excluding hydrogens is 258 g/mol. The summed E-state index contributed by atoms with van der Waals surface area (Å²) in [6.45, 7) is 0. The predicted octanol–water partition coefficient (Wildman–Crippen LogP) is 2.41. The zero-order valence-corrected chi connectivity index (χ0v) is 10.2. The Bertz CT molecular complexity index is 417. The van der Waals surface area contributed by atoms with E-state index in [0.717, 1.165) is 16.5 Å². The Hall–Kier alpha value is -0.450. The minimum atomic E-state index is -0.559. The van der Waals surface area contributed by atoms with Crippen LogP contribution in [0.4, 0.5) is 0 Å². The third-order valence-corrected chi connectivity index (χ3v) is 4.20. The molecule has 0 N–H and O–H groups in total. The summed E-state index contributed by atoms with van der Waals surface area (Å²) in [4.78, 5) is 4.20. The van der Waals surface area contributed by atoms with Gasteiger partial charge in [-0.1, -0.05) is 0 Å². The highest BCUT2D eigenvalue weighted by atomic mass is 79.9. The average Bonchev–Trinajstić information content (AvgIpc) is 2.97. The van der Waals surface area contributed by atoms with Gasteiger partial charge < -0.3 is 9.47 Å². The van der Waals surface area contributed by atoms with Crippen molar-refractivity contribution in [2.24, 2.45) is 5.92 Å². The quantitative estimate of drug-likeness (QED) is 0.773. The number of methoxy groups -OCH3 is 2. The van der Waals surface area contributed by atoms with Crippen LogP contribution in [0, 0.1) is 5.92 Å². The van der Waals surface area contributed by atoms with Crippen molar-refractivity contribution in [2.75, 3.05) is 14.2 Å². The van der Waals surface area contributed by atoms with Crippen molar-refractivity contribution >= 4 is 15.9 Å². The fourth-order valence-electron chi connectivity index (χ4n) is 2.84. The van der Waals surface area contributed by atoms with Crippen LogP contribution in [0.25, 0.3) is 0 Å². The number of halogens is 1. The molecule has 1 fully saturated rings. The molecule has 0 spiro atoms. The number of hydrogen-bond acceptors (Lipinski definition) is 3. The molecule has 1 saturated carbocycles. The molecule has 2 aliphatic carbocycles. The van der Waals surface area contributed by atoms with E-state index in [-0.39, 0.29) is 0 Å². The lowest BCUT2D eigenvalue weighted by Gasteiger charge is -2.29. The maximum Gasteiger partial charge on any atom is 0.199 e. The zero-order chi connectivity index (χ0) is 10.6. The van der Waals surface area contributed by atoms with Gasteiger partial charge in [-0.2, -0.15) is 0 Å². The Morgan fingerprint density at radius 1 is 1.40 bits per heavy atom. The summed E-state index contributed by atoms with van der Waals surface area (Å²) in [7, 11) is 3.41. The molecule has 1 aromatic heterocycles. The fraction of sp³-hybridized carbons (Fsp3) is 0.545. The Labute approximate surface area is 96.9 Å². The first-order chi connectivity index (χ1) is 7.24. The molecule has 0 bridgehead atoms. The minimum Gasteiger partial charge on any atom is -0.349 e. The second-order valence-corrected chi connectivity index (χ2v) is 4.96. The van der Waals surface area contributed by atoms with Crippen LogP contribution in [0.1, 0.15) is 23.5 Å². The molecule has 1 aromatic rings. The van der Waals surface area contributed by atoms with Gasteiger partial charge in [0.2, 0.25) is 0 Å². The van der Waals surface area contributed by atoms with Gasteiger partial charge in [0.25, 0.3) is 0 Å². The fourth-order valence-corrected chi connectivity index (χ4v) is 3.47. The molecule has 2 atom stereocenters. The highest BCUT2D eigenvalue weighted by molar-refractivity contribution is 9.10. The first-order valence-electron chi connectivity index (χ1n) is 4.98. The van der Waals surface area contributed by atoms with Crippen molar-refractivity contribution in [3.05, 3.63) is 28.0 Å². The van der Waals surface area contributed by atoms with Crippen molar-refractivity contribution in [2.45, 2.75) is 18.1 Å². The number of hydrogen-bond donors (Lipinski definition) is 0. The Balaban J connectivity index is 2.22. The Morgan fingerprint density at radius 3 is 2.80 bits per heavy atom. The number of rotatable bonds is 2. The molecule has 0 amide bonds. The molecule has 3 nitrogen and oxygen atoms in total. The van der Waals surface area contributed by atoms with Gasteiger partial charge in [0.1, 0.15) is 0 Å². The van der Waals surface area contributed by atoms with E-state index in [4.69, 9.17) is 9.47 Å². The van der Waals surface area contributed by atoms with Gasteiger partial charge in [0.15, 0.2) is 5.79 Å². The Kier molecular flexibility index (Phi) is 1.97.